The summed E-state index contributed by atoms with van der Waals surface area (Å²) in [5.41, 5.74) is -0.775. The largest absolute Gasteiger partial charge is 0.416 e. The van der Waals surface area contributed by atoms with E-state index in [1.165, 1.54) is 0 Å². The molecule has 1 rings (SSSR count). The lowest BCUT2D eigenvalue weighted by Crippen LogP contribution is -2.19. The topological polar surface area (TPSA) is 42.3 Å². The van der Waals surface area contributed by atoms with Crippen molar-refractivity contribution in [2.75, 3.05) is 0 Å². The number of hydrogen-bond donors (Lipinski definition) is 0. The molecule has 0 aliphatic carbocycles. The zero-order valence-electron chi connectivity index (χ0n) is 10.2. The Morgan fingerprint density at radius 3 is 2.44 bits per heavy atom. The molecule has 1 atom stereocenters. The maximum atomic E-state index is 12.4. The van der Waals surface area contributed by atoms with Gasteiger partial charge < -0.3 is 0 Å². The number of halogens is 3. The number of pyridine rings is 1. The molecule has 0 N–H and O–H groups in total. The van der Waals surface area contributed by atoms with Crippen LogP contribution in [-0.4, -0.2) is 20.2 Å². The van der Waals surface area contributed by atoms with E-state index in [1.54, 1.807) is 20.8 Å². The van der Waals surface area contributed by atoms with Gasteiger partial charge in [0, 0.05) is 6.20 Å². The highest BCUT2D eigenvalue weighted by atomic mass is 32.2. The van der Waals surface area contributed by atoms with Crippen molar-refractivity contribution in [3.63, 3.8) is 0 Å². The molecule has 0 amide bonds. The van der Waals surface area contributed by atoms with Crippen LogP contribution in [-0.2, 0) is 17.2 Å². The molecule has 1 heterocycles. The third-order valence-electron chi connectivity index (χ3n) is 1.91. The Morgan fingerprint density at radius 1 is 1.33 bits per heavy atom. The Bertz CT molecular complexity index is 478. The van der Waals surface area contributed by atoms with Gasteiger partial charge in [0.05, 0.1) is 22.2 Å². The average Bonchev–Trinajstić information content (AvgIpc) is 2.23. The first-order valence-corrected chi connectivity index (χ1v) is 6.21. The molecule has 7 heteroatoms. The summed E-state index contributed by atoms with van der Waals surface area (Å²) in [7, 11) is -1.52. The number of hydrogen-bond acceptors (Lipinski definition) is 2. The number of rotatable bonds is 2. The minimum Gasteiger partial charge on any atom is -0.255 e. The molecule has 18 heavy (non-hydrogen) atoms. The first-order valence-electron chi connectivity index (χ1n) is 5.10. The highest BCUT2D eigenvalue weighted by Gasteiger charge is 2.30. The molecule has 1 aromatic heterocycles. The van der Waals surface area contributed by atoms with E-state index in [0.29, 0.717) is 0 Å². The predicted molar refractivity (Wildman–Crippen MR) is 64.7 cm³/mol. The molecule has 100 valence electrons. The summed E-state index contributed by atoms with van der Waals surface area (Å²) in [6.07, 6.45) is -2.28. The van der Waals surface area contributed by atoms with Crippen molar-refractivity contribution in [2.24, 2.45) is 4.40 Å². The van der Waals surface area contributed by atoms with Crippen molar-refractivity contribution >= 4 is 17.2 Å². The van der Waals surface area contributed by atoms with Gasteiger partial charge in [-0.2, -0.15) is 17.6 Å². The van der Waals surface area contributed by atoms with E-state index in [2.05, 4.69) is 9.38 Å². The third kappa shape index (κ3) is 4.21. The lowest BCUT2D eigenvalue weighted by Gasteiger charge is -2.12. The maximum Gasteiger partial charge on any atom is 0.416 e. The van der Waals surface area contributed by atoms with Crippen LogP contribution < -0.4 is 0 Å². The zero-order valence-corrected chi connectivity index (χ0v) is 11.0. The SMILES string of the molecule is CC(C)(C)[S@@](=O)/N=C/c1cc(C(F)(F)F)ccn1. The second-order valence-corrected chi connectivity index (χ2v) is 6.50. The summed E-state index contributed by atoms with van der Waals surface area (Å²) in [4.78, 5) is 3.72. The van der Waals surface area contributed by atoms with E-state index in [0.717, 1.165) is 24.5 Å². The minimum absolute atomic E-state index is 0.0300. The summed E-state index contributed by atoms with van der Waals surface area (Å²) in [6, 6.07) is 1.74. The zero-order chi connectivity index (χ0) is 14.0. The van der Waals surface area contributed by atoms with E-state index in [9.17, 15) is 17.4 Å². The molecule has 0 unspecified atom stereocenters. The first-order chi connectivity index (χ1) is 8.10. The van der Waals surface area contributed by atoms with E-state index < -0.39 is 27.5 Å². The average molecular weight is 278 g/mol. The molecular weight excluding hydrogens is 265 g/mol. The van der Waals surface area contributed by atoms with Gasteiger partial charge in [0.15, 0.2) is 0 Å². The van der Waals surface area contributed by atoms with Gasteiger partial charge in [-0.3, -0.25) is 4.98 Å². The Kier molecular flexibility index (Phi) is 4.26. The van der Waals surface area contributed by atoms with Crippen molar-refractivity contribution in [1.82, 2.24) is 4.98 Å². The molecule has 0 saturated carbocycles. The second kappa shape index (κ2) is 5.17. The van der Waals surface area contributed by atoms with Gasteiger partial charge in [-0.15, -0.1) is 0 Å². The van der Waals surface area contributed by atoms with Crippen LogP contribution in [0.3, 0.4) is 0 Å². The lowest BCUT2D eigenvalue weighted by molar-refractivity contribution is -0.137. The molecule has 0 fully saturated rings. The summed E-state index contributed by atoms with van der Waals surface area (Å²) in [6.45, 7) is 5.17. The minimum atomic E-state index is -4.42. The predicted octanol–water partition coefficient (Wildman–Crippen LogP) is 2.98. The van der Waals surface area contributed by atoms with Crippen molar-refractivity contribution in [1.29, 1.82) is 0 Å². The lowest BCUT2D eigenvalue weighted by atomic mass is 10.2. The standard InChI is InChI=1S/C11H13F3N2OS/c1-10(2,3)18(17)16-7-9-6-8(4-5-15-9)11(12,13)14/h4-7H,1-3H3/b16-7+/t18-/m1/s1. The molecule has 0 radical (unpaired) electrons. The van der Waals surface area contributed by atoms with Gasteiger partial charge in [-0.05, 0) is 32.9 Å². The van der Waals surface area contributed by atoms with Crippen molar-refractivity contribution in [2.45, 2.75) is 31.7 Å². The monoisotopic (exact) mass is 278 g/mol. The Balaban J connectivity index is 2.93. The van der Waals surface area contributed by atoms with Gasteiger partial charge in [0.2, 0.25) is 0 Å². The van der Waals surface area contributed by atoms with Crippen LogP contribution in [0.25, 0.3) is 0 Å². The quantitative estimate of drug-likeness (QED) is 0.780. The highest BCUT2D eigenvalue weighted by molar-refractivity contribution is 7.85. The van der Waals surface area contributed by atoms with Crippen molar-refractivity contribution < 1.29 is 17.4 Å². The fourth-order valence-corrected chi connectivity index (χ4v) is 1.48. The van der Waals surface area contributed by atoms with E-state index in [-0.39, 0.29) is 5.69 Å². The Morgan fingerprint density at radius 2 is 1.94 bits per heavy atom. The summed E-state index contributed by atoms with van der Waals surface area (Å²) >= 11 is 0. The normalized spacial score (nSPS) is 15.0. The van der Waals surface area contributed by atoms with Crippen LogP contribution in [0.15, 0.2) is 22.7 Å². The molecule has 0 aliphatic heterocycles. The number of alkyl halides is 3. The number of aromatic nitrogens is 1. The summed E-state index contributed by atoms with van der Waals surface area (Å²) in [5, 5.41) is 0. The summed E-state index contributed by atoms with van der Waals surface area (Å²) < 4.78 is 52.0. The first kappa shape index (κ1) is 14.8. The molecule has 0 saturated heterocycles. The van der Waals surface area contributed by atoms with Crippen LogP contribution in [0, 0.1) is 0 Å². The highest BCUT2D eigenvalue weighted by Crippen LogP contribution is 2.28. The van der Waals surface area contributed by atoms with E-state index >= 15 is 0 Å². The van der Waals surface area contributed by atoms with Crippen LogP contribution in [0.2, 0.25) is 0 Å². The van der Waals surface area contributed by atoms with Gasteiger partial charge in [-0.25, -0.2) is 4.21 Å². The van der Waals surface area contributed by atoms with Gasteiger partial charge in [-0.1, -0.05) is 0 Å². The molecular formula is C11H13F3N2OS. The molecule has 1 aromatic rings. The summed E-state index contributed by atoms with van der Waals surface area (Å²) in [5.74, 6) is 0. The molecule has 0 aliphatic rings. The fraction of sp³-hybridized carbons (Fsp3) is 0.455. The van der Waals surface area contributed by atoms with Gasteiger partial charge in [0.25, 0.3) is 0 Å². The molecule has 0 spiro atoms. The maximum absolute atomic E-state index is 12.4. The molecule has 0 aromatic carbocycles. The Hall–Kier alpha value is -1.24. The molecule has 0 bridgehead atoms. The Labute approximate surface area is 106 Å². The van der Waals surface area contributed by atoms with E-state index in [4.69, 9.17) is 0 Å². The second-order valence-electron chi connectivity index (χ2n) is 4.56. The van der Waals surface area contributed by atoms with Gasteiger partial charge >= 0.3 is 6.18 Å². The fourth-order valence-electron chi connectivity index (χ4n) is 0.955. The molecule has 3 nitrogen and oxygen atoms in total. The van der Waals surface area contributed by atoms with Crippen LogP contribution in [0.1, 0.15) is 32.0 Å². The van der Waals surface area contributed by atoms with Gasteiger partial charge in [0.1, 0.15) is 11.0 Å². The van der Waals surface area contributed by atoms with Crippen molar-refractivity contribution in [3.05, 3.63) is 29.6 Å². The van der Waals surface area contributed by atoms with E-state index in [1.807, 2.05) is 0 Å². The van der Waals surface area contributed by atoms with Crippen LogP contribution in [0.4, 0.5) is 13.2 Å². The van der Waals surface area contributed by atoms with Crippen molar-refractivity contribution in [3.8, 4) is 0 Å². The van der Waals surface area contributed by atoms with Crippen LogP contribution >= 0.6 is 0 Å². The number of nitrogens with zero attached hydrogens (tertiary/aromatic N) is 2. The third-order valence-corrected chi connectivity index (χ3v) is 3.26. The van der Waals surface area contributed by atoms with Crippen LogP contribution in [0.5, 0.6) is 0 Å². The smallest absolute Gasteiger partial charge is 0.255 e.